The first kappa shape index (κ1) is 17.2. The molecule has 0 aliphatic heterocycles. The molecule has 0 bridgehead atoms. The fraction of sp³-hybridized carbons (Fsp3) is 0.100. The van der Waals surface area contributed by atoms with E-state index in [0.717, 1.165) is 34.4 Å². The fourth-order valence-electron chi connectivity index (χ4n) is 2.01. The first-order chi connectivity index (χ1) is 11.6. The lowest BCUT2D eigenvalue weighted by Crippen LogP contribution is -2.00. The third kappa shape index (κ3) is 4.95. The lowest BCUT2D eigenvalue weighted by atomic mass is 10.0. The summed E-state index contributed by atoms with van der Waals surface area (Å²) in [5, 5.41) is 0. The standard InChI is InChI=1S/C20H18O4/c1-3-19(21)23-13-15-5-9-17(10-6-15)18-11-7-16(8-12-18)14-24-20(22)4-2/h3-12H,1-2,13-14H2. The number of hydrogen-bond donors (Lipinski definition) is 0. The van der Waals surface area contributed by atoms with Gasteiger partial charge in [-0.25, -0.2) is 9.59 Å². The van der Waals surface area contributed by atoms with Crippen molar-refractivity contribution in [3.63, 3.8) is 0 Å². The molecule has 0 saturated carbocycles. The van der Waals surface area contributed by atoms with Crippen LogP contribution >= 0.6 is 0 Å². The Morgan fingerprint density at radius 1 is 0.708 bits per heavy atom. The van der Waals surface area contributed by atoms with Gasteiger partial charge in [0.05, 0.1) is 0 Å². The summed E-state index contributed by atoms with van der Waals surface area (Å²) >= 11 is 0. The second-order valence-electron chi connectivity index (χ2n) is 5.02. The van der Waals surface area contributed by atoms with Gasteiger partial charge in [0.2, 0.25) is 0 Å². The topological polar surface area (TPSA) is 52.6 Å². The van der Waals surface area contributed by atoms with Crippen LogP contribution in [0.5, 0.6) is 0 Å². The molecule has 0 atom stereocenters. The number of carbonyl (C=O) groups is 2. The van der Waals surface area contributed by atoms with Gasteiger partial charge < -0.3 is 9.47 Å². The summed E-state index contributed by atoms with van der Waals surface area (Å²) in [5.74, 6) is -0.876. The van der Waals surface area contributed by atoms with E-state index < -0.39 is 11.9 Å². The van der Waals surface area contributed by atoms with Crippen LogP contribution in [0.3, 0.4) is 0 Å². The zero-order valence-corrected chi connectivity index (χ0v) is 13.2. The van der Waals surface area contributed by atoms with Crippen molar-refractivity contribution in [1.82, 2.24) is 0 Å². The van der Waals surface area contributed by atoms with Crippen LogP contribution in [-0.2, 0) is 32.3 Å². The van der Waals surface area contributed by atoms with Crippen molar-refractivity contribution in [2.24, 2.45) is 0 Å². The second kappa shape index (κ2) is 8.48. The zero-order chi connectivity index (χ0) is 17.4. The minimum Gasteiger partial charge on any atom is -0.458 e. The Morgan fingerprint density at radius 2 is 1.04 bits per heavy atom. The lowest BCUT2D eigenvalue weighted by Gasteiger charge is -2.07. The van der Waals surface area contributed by atoms with Gasteiger partial charge in [0.1, 0.15) is 13.2 Å². The average molecular weight is 322 g/mol. The molecule has 0 aliphatic rings. The van der Waals surface area contributed by atoms with Crippen LogP contribution in [0.15, 0.2) is 73.8 Å². The van der Waals surface area contributed by atoms with Crippen molar-refractivity contribution in [2.75, 3.05) is 0 Å². The van der Waals surface area contributed by atoms with E-state index in [2.05, 4.69) is 13.2 Å². The molecule has 0 fully saturated rings. The Morgan fingerprint density at radius 3 is 1.33 bits per heavy atom. The summed E-state index contributed by atoms with van der Waals surface area (Å²) in [6.07, 6.45) is 2.28. The molecule has 24 heavy (non-hydrogen) atoms. The number of ether oxygens (including phenoxy) is 2. The number of hydrogen-bond acceptors (Lipinski definition) is 4. The highest BCUT2D eigenvalue weighted by Crippen LogP contribution is 2.21. The molecule has 0 aliphatic carbocycles. The number of benzene rings is 2. The Kier molecular flexibility index (Phi) is 6.08. The molecule has 2 aromatic carbocycles. The molecule has 0 radical (unpaired) electrons. The molecule has 0 unspecified atom stereocenters. The van der Waals surface area contributed by atoms with Crippen molar-refractivity contribution in [3.8, 4) is 11.1 Å². The zero-order valence-electron chi connectivity index (χ0n) is 13.2. The summed E-state index contributed by atoms with van der Waals surface area (Å²) in [4.78, 5) is 22.1. The summed E-state index contributed by atoms with van der Waals surface area (Å²) in [6.45, 7) is 7.15. The van der Waals surface area contributed by atoms with E-state index in [1.807, 2.05) is 48.5 Å². The molecular formula is C20H18O4. The maximum Gasteiger partial charge on any atom is 0.330 e. The number of esters is 2. The van der Waals surface area contributed by atoms with Crippen molar-refractivity contribution >= 4 is 11.9 Å². The van der Waals surface area contributed by atoms with Crippen molar-refractivity contribution in [3.05, 3.63) is 85.0 Å². The van der Waals surface area contributed by atoms with Crippen LogP contribution in [0.2, 0.25) is 0 Å². The molecule has 0 aromatic heterocycles. The van der Waals surface area contributed by atoms with Crippen LogP contribution in [0, 0.1) is 0 Å². The summed E-state index contributed by atoms with van der Waals surface area (Å²) in [6, 6.07) is 15.5. The summed E-state index contributed by atoms with van der Waals surface area (Å²) in [5.41, 5.74) is 3.90. The number of rotatable bonds is 7. The van der Waals surface area contributed by atoms with Crippen molar-refractivity contribution in [1.29, 1.82) is 0 Å². The van der Waals surface area contributed by atoms with Crippen LogP contribution in [0.4, 0.5) is 0 Å². The van der Waals surface area contributed by atoms with E-state index in [4.69, 9.17) is 9.47 Å². The predicted molar refractivity (Wildman–Crippen MR) is 91.9 cm³/mol. The van der Waals surface area contributed by atoms with Crippen molar-refractivity contribution in [2.45, 2.75) is 13.2 Å². The monoisotopic (exact) mass is 322 g/mol. The Labute approximate surface area is 141 Å². The Bertz CT molecular complexity index is 662. The first-order valence-corrected chi connectivity index (χ1v) is 7.39. The highest BCUT2D eigenvalue weighted by Gasteiger charge is 2.02. The molecule has 0 N–H and O–H groups in total. The normalized spacial score (nSPS) is 9.83. The largest absolute Gasteiger partial charge is 0.458 e. The molecule has 4 heteroatoms. The second-order valence-corrected chi connectivity index (χ2v) is 5.02. The van der Waals surface area contributed by atoms with E-state index in [1.165, 1.54) is 0 Å². The van der Waals surface area contributed by atoms with Crippen LogP contribution in [0.25, 0.3) is 11.1 Å². The van der Waals surface area contributed by atoms with Gasteiger partial charge in [-0.1, -0.05) is 61.7 Å². The third-order valence-corrected chi connectivity index (χ3v) is 3.34. The first-order valence-electron chi connectivity index (χ1n) is 7.39. The molecule has 0 heterocycles. The molecule has 0 amide bonds. The van der Waals surface area contributed by atoms with Gasteiger partial charge in [0, 0.05) is 12.2 Å². The average Bonchev–Trinajstić information content (AvgIpc) is 2.65. The Balaban J connectivity index is 1.98. The van der Waals surface area contributed by atoms with E-state index in [-0.39, 0.29) is 13.2 Å². The van der Waals surface area contributed by atoms with E-state index in [1.54, 1.807) is 0 Å². The highest BCUT2D eigenvalue weighted by molar-refractivity contribution is 5.81. The molecule has 0 saturated heterocycles. The van der Waals surface area contributed by atoms with E-state index in [9.17, 15) is 9.59 Å². The van der Waals surface area contributed by atoms with E-state index >= 15 is 0 Å². The lowest BCUT2D eigenvalue weighted by molar-refractivity contribution is -0.139. The molecule has 2 rings (SSSR count). The Hall–Kier alpha value is -3.14. The van der Waals surface area contributed by atoms with Gasteiger partial charge in [-0.05, 0) is 22.3 Å². The third-order valence-electron chi connectivity index (χ3n) is 3.34. The minimum absolute atomic E-state index is 0.221. The number of carbonyl (C=O) groups excluding carboxylic acids is 2. The SMILES string of the molecule is C=CC(=O)OCc1ccc(-c2ccc(COC(=O)C=C)cc2)cc1. The highest BCUT2D eigenvalue weighted by atomic mass is 16.5. The molecule has 4 nitrogen and oxygen atoms in total. The maximum atomic E-state index is 11.0. The summed E-state index contributed by atoms with van der Waals surface area (Å²) in [7, 11) is 0. The quantitative estimate of drug-likeness (QED) is 0.574. The fourth-order valence-corrected chi connectivity index (χ4v) is 2.01. The molecule has 2 aromatic rings. The van der Waals surface area contributed by atoms with Crippen LogP contribution < -0.4 is 0 Å². The van der Waals surface area contributed by atoms with Crippen molar-refractivity contribution < 1.29 is 19.1 Å². The minimum atomic E-state index is -0.438. The van der Waals surface area contributed by atoms with Crippen LogP contribution in [-0.4, -0.2) is 11.9 Å². The smallest absolute Gasteiger partial charge is 0.330 e. The van der Waals surface area contributed by atoms with Gasteiger partial charge in [0.25, 0.3) is 0 Å². The van der Waals surface area contributed by atoms with Gasteiger partial charge in [-0.15, -0.1) is 0 Å². The molecule has 0 spiro atoms. The molecule has 122 valence electrons. The van der Waals surface area contributed by atoms with Gasteiger partial charge >= 0.3 is 11.9 Å². The maximum absolute atomic E-state index is 11.0. The van der Waals surface area contributed by atoms with Gasteiger partial charge in [0.15, 0.2) is 0 Å². The van der Waals surface area contributed by atoms with Gasteiger partial charge in [-0.3, -0.25) is 0 Å². The van der Waals surface area contributed by atoms with Gasteiger partial charge in [-0.2, -0.15) is 0 Å². The summed E-state index contributed by atoms with van der Waals surface area (Å²) < 4.78 is 9.98. The molecular weight excluding hydrogens is 304 g/mol. The van der Waals surface area contributed by atoms with E-state index in [0.29, 0.717) is 0 Å². The van der Waals surface area contributed by atoms with Crippen LogP contribution in [0.1, 0.15) is 11.1 Å². The predicted octanol–water partition coefficient (Wildman–Crippen LogP) is 3.81.